The van der Waals surface area contributed by atoms with Crippen LogP contribution in [-0.4, -0.2) is 22.8 Å². The summed E-state index contributed by atoms with van der Waals surface area (Å²) < 4.78 is 0. The minimum absolute atomic E-state index is 0.308. The molecule has 0 radical (unpaired) electrons. The third-order valence-electron chi connectivity index (χ3n) is 3.73. The molecule has 0 bridgehead atoms. The van der Waals surface area contributed by atoms with Crippen LogP contribution in [0.5, 0.6) is 0 Å². The van der Waals surface area contributed by atoms with Crippen molar-refractivity contribution >= 4 is 5.78 Å². The topological polar surface area (TPSA) is 20.3 Å². The van der Waals surface area contributed by atoms with Crippen LogP contribution in [0.15, 0.2) is 30.3 Å². The molecule has 2 rings (SSSR count). The van der Waals surface area contributed by atoms with Crippen molar-refractivity contribution < 1.29 is 4.79 Å². The molecule has 0 aromatic heterocycles. The molecule has 86 valence electrons. The molecule has 0 saturated carbocycles. The van der Waals surface area contributed by atoms with E-state index in [0.717, 1.165) is 6.54 Å². The quantitative estimate of drug-likeness (QED) is 0.759. The fourth-order valence-corrected chi connectivity index (χ4v) is 2.56. The molecule has 1 aromatic rings. The van der Waals surface area contributed by atoms with Gasteiger partial charge >= 0.3 is 0 Å². The first-order chi connectivity index (χ1) is 7.53. The number of nitrogens with zero attached hydrogens (tertiary/aromatic N) is 1. The van der Waals surface area contributed by atoms with E-state index in [4.69, 9.17) is 0 Å². The standard InChI is InChI=1S/C14H19NO/c1-11(12-7-5-4-6-8-12)15-10-9-13(16)14(15,2)3/h4-8,11H,9-10H2,1-3H3. The third kappa shape index (κ3) is 1.78. The Labute approximate surface area is 97.3 Å². The molecule has 1 aromatic carbocycles. The van der Waals surface area contributed by atoms with Crippen molar-refractivity contribution in [2.45, 2.75) is 38.8 Å². The second kappa shape index (κ2) is 4.02. The van der Waals surface area contributed by atoms with Crippen LogP contribution in [-0.2, 0) is 4.79 Å². The Morgan fingerprint density at radius 2 is 1.88 bits per heavy atom. The van der Waals surface area contributed by atoms with Crippen LogP contribution in [0.1, 0.15) is 38.8 Å². The second-order valence-electron chi connectivity index (χ2n) is 5.01. The van der Waals surface area contributed by atoms with Gasteiger partial charge in [-0.3, -0.25) is 9.69 Å². The maximum absolute atomic E-state index is 11.8. The van der Waals surface area contributed by atoms with Gasteiger partial charge in [-0.25, -0.2) is 0 Å². The average molecular weight is 217 g/mol. The van der Waals surface area contributed by atoms with Gasteiger partial charge in [0.05, 0.1) is 5.54 Å². The van der Waals surface area contributed by atoms with E-state index in [1.54, 1.807) is 0 Å². The van der Waals surface area contributed by atoms with Crippen molar-refractivity contribution in [3.8, 4) is 0 Å². The van der Waals surface area contributed by atoms with E-state index in [0.29, 0.717) is 18.2 Å². The highest BCUT2D eigenvalue weighted by molar-refractivity contribution is 5.89. The van der Waals surface area contributed by atoms with Gasteiger partial charge in [-0.1, -0.05) is 30.3 Å². The normalized spacial score (nSPS) is 22.3. The molecule has 1 saturated heterocycles. The van der Waals surface area contributed by atoms with Crippen molar-refractivity contribution in [3.05, 3.63) is 35.9 Å². The molecule has 1 atom stereocenters. The molecule has 1 aliphatic heterocycles. The maximum Gasteiger partial charge on any atom is 0.153 e. The molecule has 1 heterocycles. The predicted octanol–water partition coefficient (Wildman–Crippen LogP) is 2.80. The average Bonchev–Trinajstić information content (AvgIpc) is 2.54. The Morgan fingerprint density at radius 3 is 2.38 bits per heavy atom. The number of benzene rings is 1. The van der Waals surface area contributed by atoms with Gasteiger partial charge in [0.2, 0.25) is 0 Å². The summed E-state index contributed by atoms with van der Waals surface area (Å²) in [5, 5.41) is 0. The largest absolute Gasteiger partial charge is 0.298 e. The van der Waals surface area contributed by atoms with Crippen molar-refractivity contribution in [2.24, 2.45) is 0 Å². The molecule has 1 unspecified atom stereocenters. The van der Waals surface area contributed by atoms with Gasteiger partial charge in [0.15, 0.2) is 5.78 Å². The number of rotatable bonds is 2. The number of Topliss-reactive ketones (excluding diaryl/α,β-unsaturated/α-hetero) is 1. The van der Waals surface area contributed by atoms with Gasteiger partial charge in [-0.15, -0.1) is 0 Å². The summed E-state index contributed by atoms with van der Waals surface area (Å²) in [4.78, 5) is 14.1. The molecular formula is C14H19NO. The molecule has 0 N–H and O–H groups in total. The zero-order valence-electron chi connectivity index (χ0n) is 10.2. The Hall–Kier alpha value is -1.15. The van der Waals surface area contributed by atoms with E-state index in [-0.39, 0.29) is 5.54 Å². The Balaban J connectivity index is 2.24. The zero-order chi connectivity index (χ0) is 11.8. The van der Waals surface area contributed by atoms with E-state index in [9.17, 15) is 4.79 Å². The van der Waals surface area contributed by atoms with Gasteiger partial charge < -0.3 is 0 Å². The summed E-state index contributed by atoms with van der Waals surface area (Å²) in [5.41, 5.74) is 0.972. The van der Waals surface area contributed by atoms with E-state index in [1.165, 1.54) is 5.56 Å². The summed E-state index contributed by atoms with van der Waals surface area (Å²) in [7, 11) is 0. The molecule has 0 spiro atoms. The Bertz CT molecular complexity index is 383. The number of ketones is 1. The summed E-state index contributed by atoms with van der Waals surface area (Å²) in [6, 6.07) is 10.7. The third-order valence-corrected chi connectivity index (χ3v) is 3.73. The summed E-state index contributed by atoms with van der Waals surface area (Å²) in [5.74, 6) is 0.357. The maximum atomic E-state index is 11.8. The summed E-state index contributed by atoms with van der Waals surface area (Å²) >= 11 is 0. The molecule has 0 amide bonds. The zero-order valence-corrected chi connectivity index (χ0v) is 10.2. The van der Waals surface area contributed by atoms with Crippen molar-refractivity contribution in [1.29, 1.82) is 0 Å². The first-order valence-electron chi connectivity index (χ1n) is 5.88. The smallest absolute Gasteiger partial charge is 0.153 e. The van der Waals surface area contributed by atoms with Crippen LogP contribution in [0.25, 0.3) is 0 Å². The van der Waals surface area contributed by atoms with Gasteiger partial charge in [0.1, 0.15) is 0 Å². The number of likely N-dealkylation sites (tertiary alicyclic amines) is 1. The highest BCUT2D eigenvalue weighted by Gasteiger charge is 2.42. The Kier molecular flexibility index (Phi) is 2.85. The van der Waals surface area contributed by atoms with Crippen molar-refractivity contribution in [1.82, 2.24) is 4.90 Å². The predicted molar refractivity (Wildman–Crippen MR) is 65.3 cm³/mol. The first kappa shape index (κ1) is 11.3. The van der Waals surface area contributed by atoms with Crippen LogP contribution in [0.2, 0.25) is 0 Å². The molecule has 1 aliphatic rings. The molecule has 16 heavy (non-hydrogen) atoms. The van der Waals surface area contributed by atoms with Crippen LogP contribution >= 0.6 is 0 Å². The fraction of sp³-hybridized carbons (Fsp3) is 0.500. The van der Waals surface area contributed by atoms with Crippen LogP contribution in [0, 0.1) is 0 Å². The van der Waals surface area contributed by atoms with Crippen molar-refractivity contribution in [2.75, 3.05) is 6.54 Å². The highest BCUT2D eigenvalue weighted by atomic mass is 16.1. The van der Waals surface area contributed by atoms with E-state index < -0.39 is 0 Å². The SMILES string of the molecule is CC(c1ccccc1)N1CCC(=O)C1(C)C. The van der Waals surface area contributed by atoms with Gasteiger partial charge in [-0.2, -0.15) is 0 Å². The second-order valence-corrected chi connectivity index (χ2v) is 5.01. The number of carbonyl (C=O) groups is 1. The minimum atomic E-state index is -0.310. The number of carbonyl (C=O) groups excluding carboxylic acids is 1. The van der Waals surface area contributed by atoms with Gasteiger partial charge in [-0.05, 0) is 26.3 Å². The monoisotopic (exact) mass is 217 g/mol. The lowest BCUT2D eigenvalue weighted by Crippen LogP contribution is -2.44. The van der Waals surface area contributed by atoms with Gasteiger partial charge in [0, 0.05) is 19.0 Å². The highest BCUT2D eigenvalue weighted by Crippen LogP contribution is 2.33. The van der Waals surface area contributed by atoms with E-state index in [2.05, 4.69) is 36.1 Å². The minimum Gasteiger partial charge on any atom is -0.298 e. The Morgan fingerprint density at radius 1 is 1.25 bits per heavy atom. The van der Waals surface area contributed by atoms with Crippen LogP contribution < -0.4 is 0 Å². The fourth-order valence-electron chi connectivity index (χ4n) is 2.56. The number of hydrogen-bond acceptors (Lipinski definition) is 2. The molecule has 1 fully saturated rings. The lowest BCUT2D eigenvalue weighted by atomic mass is 9.97. The van der Waals surface area contributed by atoms with E-state index in [1.807, 2.05) is 19.9 Å². The number of hydrogen-bond donors (Lipinski definition) is 0. The first-order valence-corrected chi connectivity index (χ1v) is 5.88. The van der Waals surface area contributed by atoms with Crippen LogP contribution in [0.4, 0.5) is 0 Å². The summed E-state index contributed by atoms with van der Waals surface area (Å²) in [6.07, 6.45) is 0.685. The van der Waals surface area contributed by atoms with Gasteiger partial charge in [0.25, 0.3) is 0 Å². The van der Waals surface area contributed by atoms with Crippen LogP contribution in [0.3, 0.4) is 0 Å². The molecular weight excluding hydrogens is 198 g/mol. The molecule has 0 aliphatic carbocycles. The molecule has 2 nitrogen and oxygen atoms in total. The summed E-state index contributed by atoms with van der Waals surface area (Å²) in [6.45, 7) is 7.11. The molecule has 2 heteroatoms. The lowest BCUT2D eigenvalue weighted by Gasteiger charge is -2.35. The lowest BCUT2D eigenvalue weighted by molar-refractivity contribution is -0.124. The van der Waals surface area contributed by atoms with Crippen molar-refractivity contribution in [3.63, 3.8) is 0 Å². The van der Waals surface area contributed by atoms with E-state index >= 15 is 0 Å².